The maximum atomic E-state index is 12.9. The van der Waals surface area contributed by atoms with Crippen LogP contribution in [-0.2, 0) is 20.1 Å². The molecule has 1 amide bonds. The van der Waals surface area contributed by atoms with Crippen LogP contribution in [0.25, 0.3) is 0 Å². The number of aromatic nitrogens is 1. The zero-order valence-electron chi connectivity index (χ0n) is 13.7. The largest absolute Gasteiger partial charge is 0.467 e. The Morgan fingerprint density at radius 1 is 1.16 bits per heavy atom. The second-order valence-electron chi connectivity index (χ2n) is 5.65. The monoisotopic (exact) mass is 339 g/mol. The topological polar surface area (TPSA) is 81.5 Å². The molecule has 0 unspecified atom stereocenters. The minimum absolute atomic E-state index is 0.0448. The number of hydrogen-bond acceptors (Lipinski definition) is 4. The van der Waals surface area contributed by atoms with Gasteiger partial charge in [0.2, 0.25) is 0 Å². The molecule has 128 valence electrons. The molecule has 0 aliphatic rings. The maximum absolute atomic E-state index is 12.9. The second-order valence-corrected chi connectivity index (χ2v) is 5.65. The molecule has 0 aliphatic carbocycles. The Morgan fingerprint density at radius 2 is 1.92 bits per heavy atom. The number of non-ortho nitro benzene ring substituents is 1. The quantitative estimate of drug-likeness (QED) is 0.509. The van der Waals surface area contributed by atoms with Gasteiger partial charge in [0.05, 0.1) is 24.3 Å². The fourth-order valence-corrected chi connectivity index (χ4v) is 2.55. The average molecular weight is 339 g/mol. The molecule has 0 radical (unpaired) electrons. The van der Waals surface area contributed by atoms with Gasteiger partial charge in [-0.2, -0.15) is 0 Å². The van der Waals surface area contributed by atoms with Crippen LogP contribution in [0.2, 0.25) is 0 Å². The molecule has 25 heavy (non-hydrogen) atoms. The van der Waals surface area contributed by atoms with Gasteiger partial charge >= 0.3 is 0 Å². The number of benzene rings is 1. The van der Waals surface area contributed by atoms with Crippen molar-refractivity contribution < 1.29 is 14.1 Å². The van der Waals surface area contributed by atoms with Crippen LogP contribution in [0.15, 0.2) is 65.4 Å². The number of carbonyl (C=O) groups is 1. The summed E-state index contributed by atoms with van der Waals surface area (Å²) in [5, 5.41) is 10.8. The number of hydrogen-bond donors (Lipinski definition) is 0. The minimum atomic E-state index is -0.487. The van der Waals surface area contributed by atoms with Crippen LogP contribution in [0, 0.1) is 10.1 Å². The van der Waals surface area contributed by atoms with Gasteiger partial charge in [-0.3, -0.25) is 14.9 Å². The highest BCUT2D eigenvalue weighted by atomic mass is 16.6. The van der Waals surface area contributed by atoms with E-state index in [9.17, 15) is 14.9 Å². The van der Waals surface area contributed by atoms with E-state index in [1.807, 2.05) is 29.9 Å². The SMILES string of the molecule is Cn1cccc1CN(Cc1ccco1)C(=O)c1ccc([N+](=O)[O-])cc1. The molecule has 2 aromatic heterocycles. The predicted molar refractivity (Wildman–Crippen MR) is 90.8 cm³/mol. The fourth-order valence-electron chi connectivity index (χ4n) is 2.55. The normalized spacial score (nSPS) is 10.6. The summed E-state index contributed by atoms with van der Waals surface area (Å²) >= 11 is 0. The van der Waals surface area contributed by atoms with E-state index in [2.05, 4.69) is 0 Å². The molecule has 0 atom stereocenters. The lowest BCUT2D eigenvalue weighted by Gasteiger charge is -2.22. The van der Waals surface area contributed by atoms with Crippen molar-refractivity contribution in [1.29, 1.82) is 0 Å². The first-order chi connectivity index (χ1) is 12.0. The first kappa shape index (κ1) is 16.5. The fraction of sp³-hybridized carbons (Fsp3) is 0.167. The summed E-state index contributed by atoms with van der Waals surface area (Å²) in [5.74, 6) is 0.456. The maximum Gasteiger partial charge on any atom is 0.269 e. The standard InChI is InChI=1S/C18H17N3O4/c1-19-10-2-4-16(19)12-20(13-17-5-3-11-25-17)18(22)14-6-8-15(9-7-14)21(23)24/h2-11H,12-13H2,1H3. The van der Waals surface area contributed by atoms with Crippen LogP contribution in [0.1, 0.15) is 21.8 Å². The van der Waals surface area contributed by atoms with Crippen molar-refractivity contribution in [2.45, 2.75) is 13.1 Å². The lowest BCUT2D eigenvalue weighted by Crippen LogP contribution is -2.30. The Hall–Kier alpha value is -3.35. The number of furan rings is 1. The molecule has 0 spiro atoms. The van der Waals surface area contributed by atoms with E-state index in [1.54, 1.807) is 23.3 Å². The van der Waals surface area contributed by atoms with Crippen molar-refractivity contribution >= 4 is 11.6 Å². The van der Waals surface area contributed by atoms with Gasteiger partial charge in [-0.25, -0.2) is 0 Å². The Balaban J connectivity index is 1.85. The number of rotatable bonds is 6. The third-order valence-electron chi connectivity index (χ3n) is 3.94. The number of carbonyl (C=O) groups excluding carboxylic acids is 1. The summed E-state index contributed by atoms with van der Waals surface area (Å²) < 4.78 is 7.30. The highest BCUT2D eigenvalue weighted by Gasteiger charge is 2.19. The molecule has 0 saturated carbocycles. The summed E-state index contributed by atoms with van der Waals surface area (Å²) in [5.41, 5.74) is 1.32. The van der Waals surface area contributed by atoms with Crippen molar-refractivity contribution in [2.24, 2.45) is 7.05 Å². The molecule has 3 rings (SSSR count). The number of nitro benzene ring substituents is 1. The average Bonchev–Trinajstić information content (AvgIpc) is 3.26. The van der Waals surface area contributed by atoms with E-state index in [4.69, 9.17) is 4.42 Å². The van der Waals surface area contributed by atoms with Crippen molar-refractivity contribution in [3.05, 3.63) is 88.1 Å². The van der Waals surface area contributed by atoms with Crippen LogP contribution in [0.3, 0.4) is 0 Å². The Kier molecular flexibility index (Phi) is 4.65. The van der Waals surface area contributed by atoms with Gasteiger partial charge < -0.3 is 13.9 Å². The number of nitro groups is 1. The third-order valence-corrected chi connectivity index (χ3v) is 3.94. The van der Waals surface area contributed by atoms with Crippen molar-refractivity contribution in [3.63, 3.8) is 0 Å². The molecule has 0 N–H and O–H groups in total. The molecule has 0 bridgehead atoms. The smallest absolute Gasteiger partial charge is 0.269 e. The molecule has 3 aromatic rings. The van der Waals surface area contributed by atoms with Gasteiger partial charge in [-0.05, 0) is 36.4 Å². The molecule has 2 heterocycles. The molecular weight excluding hydrogens is 322 g/mol. The Labute approximate surface area is 144 Å². The number of nitrogens with zero attached hydrogens (tertiary/aromatic N) is 3. The zero-order chi connectivity index (χ0) is 17.8. The first-order valence-electron chi connectivity index (χ1n) is 7.71. The van der Waals surface area contributed by atoms with Crippen LogP contribution >= 0.6 is 0 Å². The summed E-state index contributed by atoms with van der Waals surface area (Å²) in [4.78, 5) is 24.8. The van der Waals surface area contributed by atoms with Gasteiger partial charge in [0.25, 0.3) is 11.6 Å². The zero-order valence-corrected chi connectivity index (χ0v) is 13.7. The Bertz CT molecular complexity index is 866. The molecular formula is C18H17N3O4. The van der Waals surface area contributed by atoms with Gasteiger partial charge in [-0.1, -0.05) is 0 Å². The minimum Gasteiger partial charge on any atom is -0.467 e. The van der Waals surface area contributed by atoms with Crippen molar-refractivity contribution in [1.82, 2.24) is 9.47 Å². The highest BCUT2D eigenvalue weighted by molar-refractivity contribution is 5.94. The van der Waals surface area contributed by atoms with E-state index >= 15 is 0 Å². The number of aryl methyl sites for hydroxylation is 1. The van der Waals surface area contributed by atoms with E-state index in [1.165, 1.54) is 24.3 Å². The molecule has 0 saturated heterocycles. The third kappa shape index (κ3) is 3.77. The van der Waals surface area contributed by atoms with Crippen LogP contribution in [0.5, 0.6) is 0 Å². The molecule has 7 heteroatoms. The lowest BCUT2D eigenvalue weighted by molar-refractivity contribution is -0.384. The summed E-state index contributed by atoms with van der Waals surface area (Å²) in [6.07, 6.45) is 3.48. The molecule has 0 aliphatic heterocycles. The van der Waals surface area contributed by atoms with Crippen molar-refractivity contribution in [3.8, 4) is 0 Å². The molecule has 7 nitrogen and oxygen atoms in total. The van der Waals surface area contributed by atoms with Gasteiger partial charge in [-0.15, -0.1) is 0 Å². The first-order valence-corrected chi connectivity index (χ1v) is 7.71. The van der Waals surface area contributed by atoms with Gasteiger partial charge in [0.15, 0.2) is 0 Å². The van der Waals surface area contributed by atoms with Crippen LogP contribution in [0.4, 0.5) is 5.69 Å². The van der Waals surface area contributed by atoms with Crippen LogP contribution < -0.4 is 0 Å². The second kappa shape index (κ2) is 7.04. The summed E-state index contributed by atoms with van der Waals surface area (Å²) in [7, 11) is 1.91. The van der Waals surface area contributed by atoms with E-state index in [0.29, 0.717) is 24.4 Å². The van der Waals surface area contributed by atoms with E-state index in [-0.39, 0.29) is 11.6 Å². The lowest BCUT2D eigenvalue weighted by atomic mass is 10.1. The highest BCUT2D eigenvalue weighted by Crippen LogP contribution is 2.17. The molecule has 0 fully saturated rings. The summed E-state index contributed by atoms with van der Waals surface area (Å²) in [6, 6.07) is 13.0. The van der Waals surface area contributed by atoms with Crippen molar-refractivity contribution in [2.75, 3.05) is 0 Å². The Morgan fingerprint density at radius 3 is 2.48 bits per heavy atom. The number of amides is 1. The van der Waals surface area contributed by atoms with Gasteiger partial charge in [0, 0.05) is 36.6 Å². The summed E-state index contributed by atoms with van der Waals surface area (Å²) in [6.45, 7) is 0.716. The van der Waals surface area contributed by atoms with Crippen LogP contribution in [-0.4, -0.2) is 20.3 Å². The molecule has 1 aromatic carbocycles. The van der Waals surface area contributed by atoms with E-state index in [0.717, 1.165) is 5.69 Å². The van der Waals surface area contributed by atoms with E-state index < -0.39 is 4.92 Å². The predicted octanol–water partition coefficient (Wildman–Crippen LogP) is 3.37. The van der Waals surface area contributed by atoms with Gasteiger partial charge in [0.1, 0.15) is 5.76 Å².